The van der Waals surface area contributed by atoms with Gasteiger partial charge < -0.3 is 20.2 Å². The van der Waals surface area contributed by atoms with E-state index in [1.165, 1.54) is 13.8 Å². The second-order valence-electron chi connectivity index (χ2n) is 4.85. The van der Waals surface area contributed by atoms with E-state index in [9.17, 15) is 19.7 Å². The summed E-state index contributed by atoms with van der Waals surface area (Å²) in [6, 6.07) is 0. The molecule has 0 amide bonds. The van der Waals surface area contributed by atoms with Crippen molar-refractivity contribution in [2.45, 2.75) is 20.8 Å². The number of nitrogens with two attached hydrogens (primary N) is 1. The Morgan fingerprint density at radius 1 is 1.40 bits per heavy atom. The molecule has 132 valence electrons. The maximum absolute atomic E-state index is 12.2. The van der Waals surface area contributed by atoms with Gasteiger partial charge in [-0.1, -0.05) is 0 Å². The van der Waals surface area contributed by atoms with Crippen LogP contribution in [-0.4, -0.2) is 33.3 Å². The zero-order valence-corrected chi connectivity index (χ0v) is 13.7. The molecule has 0 unspecified atom stereocenters. The van der Waals surface area contributed by atoms with Gasteiger partial charge in [-0.2, -0.15) is 0 Å². The number of aromatic nitrogens is 2. The minimum absolute atomic E-state index is 0.0191. The van der Waals surface area contributed by atoms with Crippen molar-refractivity contribution in [2.24, 2.45) is 0 Å². The molecule has 0 aliphatic rings. The molecule has 25 heavy (non-hydrogen) atoms. The van der Waals surface area contributed by atoms with Crippen molar-refractivity contribution in [3.8, 4) is 0 Å². The SMILES string of the molecule is CCOC(=O)c1c(Nc2ncnc(N)c2[N+](=O)[O-])oc(C)c1C(C)=O. The number of nitrogens with zero attached hydrogens (tertiary/aromatic N) is 3. The zero-order valence-electron chi connectivity index (χ0n) is 13.7. The van der Waals surface area contributed by atoms with Crippen LogP contribution in [-0.2, 0) is 4.74 Å². The van der Waals surface area contributed by atoms with E-state index in [0.717, 1.165) is 6.33 Å². The normalized spacial score (nSPS) is 10.4. The van der Waals surface area contributed by atoms with Crippen LogP contribution in [0.15, 0.2) is 10.7 Å². The molecular weight excluding hydrogens is 334 g/mol. The number of nitrogens with one attached hydrogen (secondary N) is 1. The fourth-order valence-corrected chi connectivity index (χ4v) is 2.23. The van der Waals surface area contributed by atoms with Gasteiger partial charge in [-0.3, -0.25) is 14.9 Å². The number of anilines is 3. The third-order valence-electron chi connectivity index (χ3n) is 3.18. The first-order valence-electron chi connectivity index (χ1n) is 7.11. The second-order valence-corrected chi connectivity index (χ2v) is 4.85. The Morgan fingerprint density at radius 3 is 2.64 bits per heavy atom. The molecule has 0 radical (unpaired) electrons. The summed E-state index contributed by atoms with van der Waals surface area (Å²) < 4.78 is 10.3. The fraction of sp³-hybridized carbons (Fsp3) is 0.286. The average molecular weight is 349 g/mol. The maximum Gasteiger partial charge on any atom is 0.353 e. The first-order valence-corrected chi connectivity index (χ1v) is 7.11. The van der Waals surface area contributed by atoms with Gasteiger partial charge in [0.2, 0.25) is 17.5 Å². The van der Waals surface area contributed by atoms with Crippen LogP contribution in [0.25, 0.3) is 0 Å². The molecule has 0 bridgehead atoms. The van der Waals surface area contributed by atoms with Gasteiger partial charge >= 0.3 is 11.7 Å². The molecule has 11 nitrogen and oxygen atoms in total. The van der Waals surface area contributed by atoms with E-state index in [-0.39, 0.29) is 41.0 Å². The number of furan rings is 1. The van der Waals surface area contributed by atoms with Crippen LogP contribution in [0, 0.1) is 17.0 Å². The standard InChI is InChI=1S/C14H15N5O6/c1-4-24-14(21)9-8(6(2)20)7(3)25-13(9)18-12-10(19(22)23)11(15)16-5-17-12/h5H,4H2,1-3H3,(H3,15,16,17,18). The first-order chi connectivity index (χ1) is 11.8. The van der Waals surface area contributed by atoms with Gasteiger partial charge in [0.15, 0.2) is 5.78 Å². The van der Waals surface area contributed by atoms with Gasteiger partial charge in [-0.05, 0) is 20.8 Å². The molecule has 0 aromatic carbocycles. The Morgan fingerprint density at radius 2 is 2.08 bits per heavy atom. The Hall–Kier alpha value is -3.50. The predicted octanol–water partition coefficient (Wildman–Crippen LogP) is 1.99. The summed E-state index contributed by atoms with van der Waals surface area (Å²) in [4.78, 5) is 41.7. The Labute approximate surface area is 141 Å². The van der Waals surface area contributed by atoms with E-state index in [4.69, 9.17) is 14.9 Å². The number of rotatable bonds is 6. The minimum Gasteiger partial charge on any atom is -0.462 e. The van der Waals surface area contributed by atoms with Crippen LogP contribution in [0.5, 0.6) is 0 Å². The number of nitro groups is 1. The van der Waals surface area contributed by atoms with Crippen LogP contribution in [0.2, 0.25) is 0 Å². The van der Waals surface area contributed by atoms with Gasteiger partial charge in [0.1, 0.15) is 17.7 Å². The van der Waals surface area contributed by atoms with E-state index < -0.39 is 22.4 Å². The van der Waals surface area contributed by atoms with Gasteiger partial charge in [-0.15, -0.1) is 0 Å². The molecule has 2 rings (SSSR count). The van der Waals surface area contributed by atoms with Crippen molar-refractivity contribution in [1.29, 1.82) is 0 Å². The first kappa shape index (κ1) is 17.8. The highest BCUT2D eigenvalue weighted by Crippen LogP contribution is 2.34. The number of ether oxygens (including phenoxy) is 1. The molecule has 0 atom stereocenters. The Bertz CT molecular complexity index is 860. The highest BCUT2D eigenvalue weighted by atomic mass is 16.6. The van der Waals surface area contributed by atoms with E-state index in [1.807, 2.05) is 0 Å². The molecule has 2 heterocycles. The largest absolute Gasteiger partial charge is 0.462 e. The lowest BCUT2D eigenvalue weighted by atomic mass is 10.1. The summed E-state index contributed by atoms with van der Waals surface area (Å²) in [5, 5.41) is 13.7. The molecule has 11 heteroatoms. The second kappa shape index (κ2) is 6.95. The van der Waals surface area contributed by atoms with Crippen LogP contribution in [0.3, 0.4) is 0 Å². The smallest absolute Gasteiger partial charge is 0.353 e. The maximum atomic E-state index is 12.2. The quantitative estimate of drug-likeness (QED) is 0.341. The van der Waals surface area contributed by atoms with Crippen molar-refractivity contribution in [2.75, 3.05) is 17.7 Å². The number of Topliss-reactive ketones (excluding diaryl/α,β-unsaturated/α-hetero) is 1. The van der Waals surface area contributed by atoms with Crippen LogP contribution < -0.4 is 11.1 Å². The third kappa shape index (κ3) is 3.39. The highest BCUT2D eigenvalue weighted by Gasteiger charge is 2.30. The number of carbonyl (C=O) groups excluding carboxylic acids is 2. The summed E-state index contributed by atoms with van der Waals surface area (Å²) in [6.07, 6.45) is 1.01. The number of aryl methyl sites for hydroxylation is 1. The fourth-order valence-electron chi connectivity index (χ4n) is 2.23. The molecular formula is C14H15N5O6. The molecule has 3 N–H and O–H groups in total. The van der Waals surface area contributed by atoms with E-state index in [1.54, 1.807) is 6.92 Å². The number of hydrogen-bond acceptors (Lipinski definition) is 10. The van der Waals surface area contributed by atoms with E-state index in [0.29, 0.717) is 0 Å². The molecule has 0 saturated heterocycles. The van der Waals surface area contributed by atoms with Gasteiger partial charge in [0, 0.05) is 0 Å². The molecule has 2 aromatic heterocycles. The van der Waals surface area contributed by atoms with E-state index >= 15 is 0 Å². The van der Waals surface area contributed by atoms with Crippen molar-refractivity contribution >= 4 is 35.0 Å². The van der Waals surface area contributed by atoms with Crippen molar-refractivity contribution < 1.29 is 23.7 Å². The van der Waals surface area contributed by atoms with Crippen molar-refractivity contribution in [1.82, 2.24) is 9.97 Å². The summed E-state index contributed by atoms with van der Waals surface area (Å²) in [5.41, 5.74) is 4.76. The third-order valence-corrected chi connectivity index (χ3v) is 3.18. The van der Waals surface area contributed by atoms with Crippen molar-refractivity contribution in [3.63, 3.8) is 0 Å². The minimum atomic E-state index is -0.809. The number of esters is 1. The number of hydrogen-bond donors (Lipinski definition) is 2. The molecule has 0 spiro atoms. The molecule has 2 aromatic rings. The predicted molar refractivity (Wildman–Crippen MR) is 85.8 cm³/mol. The average Bonchev–Trinajstić information content (AvgIpc) is 2.83. The highest BCUT2D eigenvalue weighted by molar-refractivity contribution is 6.09. The lowest BCUT2D eigenvalue weighted by molar-refractivity contribution is -0.383. The summed E-state index contributed by atoms with van der Waals surface area (Å²) in [7, 11) is 0. The Balaban J connectivity index is 2.60. The molecule has 0 aliphatic heterocycles. The summed E-state index contributed by atoms with van der Waals surface area (Å²) in [6.45, 7) is 4.41. The zero-order chi connectivity index (χ0) is 18.7. The Kier molecular flexibility index (Phi) is 4.96. The van der Waals surface area contributed by atoms with Crippen LogP contribution in [0.1, 0.15) is 40.3 Å². The van der Waals surface area contributed by atoms with Crippen LogP contribution >= 0.6 is 0 Å². The van der Waals surface area contributed by atoms with Gasteiger partial charge in [0.25, 0.3) is 0 Å². The number of carbonyl (C=O) groups is 2. The van der Waals surface area contributed by atoms with Gasteiger partial charge in [-0.25, -0.2) is 14.8 Å². The monoisotopic (exact) mass is 349 g/mol. The lowest BCUT2D eigenvalue weighted by Gasteiger charge is -2.07. The molecule has 0 saturated carbocycles. The number of ketones is 1. The van der Waals surface area contributed by atoms with Gasteiger partial charge in [0.05, 0.1) is 17.1 Å². The summed E-state index contributed by atoms with van der Waals surface area (Å²) in [5.74, 6) is -1.93. The van der Waals surface area contributed by atoms with Crippen LogP contribution in [0.4, 0.5) is 23.2 Å². The molecule has 0 aliphatic carbocycles. The molecule has 0 fully saturated rings. The van der Waals surface area contributed by atoms with Crippen molar-refractivity contribution in [3.05, 3.63) is 33.3 Å². The topological polar surface area (TPSA) is 163 Å². The summed E-state index contributed by atoms with van der Waals surface area (Å²) >= 11 is 0. The van der Waals surface area contributed by atoms with E-state index in [2.05, 4.69) is 15.3 Å². The number of nitrogen functional groups attached to an aromatic ring is 1. The lowest BCUT2D eigenvalue weighted by Crippen LogP contribution is -2.12.